The molecule has 1 aromatic carbocycles. The molecule has 0 radical (unpaired) electrons. The van der Waals surface area contributed by atoms with Crippen LogP contribution in [-0.2, 0) is 4.74 Å². The Bertz CT molecular complexity index is 678. The van der Waals surface area contributed by atoms with Gasteiger partial charge in [0.2, 0.25) is 0 Å². The fraction of sp³-hybridized carbons (Fsp3) is 0.444. The van der Waals surface area contributed by atoms with Crippen molar-refractivity contribution in [3.05, 3.63) is 47.3 Å². The van der Waals surface area contributed by atoms with Gasteiger partial charge in [-0.05, 0) is 32.4 Å². The summed E-state index contributed by atoms with van der Waals surface area (Å²) in [6.45, 7) is 5.50. The third-order valence-electron chi connectivity index (χ3n) is 4.15. The van der Waals surface area contributed by atoms with Crippen molar-refractivity contribution in [2.45, 2.75) is 37.1 Å². The van der Waals surface area contributed by atoms with Gasteiger partial charge in [0.05, 0.1) is 24.1 Å². The summed E-state index contributed by atoms with van der Waals surface area (Å²) in [6, 6.07) is 8.51. The van der Waals surface area contributed by atoms with Gasteiger partial charge in [-0.1, -0.05) is 17.7 Å². The van der Waals surface area contributed by atoms with Crippen molar-refractivity contribution in [1.82, 2.24) is 15.5 Å². The van der Waals surface area contributed by atoms with Crippen LogP contribution in [0.25, 0.3) is 0 Å². The molecule has 0 aliphatic carbocycles. The number of nitrogens with zero attached hydrogens (tertiary/aromatic N) is 1. The van der Waals surface area contributed by atoms with Gasteiger partial charge in [0, 0.05) is 29.2 Å². The van der Waals surface area contributed by atoms with Crippen LogP contribution in [0, 0.1) is 6.92 Å². The number of carbonyl (C=O) groups excluding carboxylic acids is 1. The van der Waals surface area contributed by atoms with E-state index in [2.05, 4.69) is 46.7 Å². The molecule has 2 N–H and O–H groups in total. The third-order valence-corrected chi connectivity index (χ3v) is 5.42. The molecule has 1 saturated heterocycles. The zero-order valence-electron chi connectivity index (χ0n) is 14.0. The van der Waals surface area contributed by atoms with Crippen molar-refractivity contribution in [1.29, 1.82) is 0 Å². The number of benzene rings is 1. The Morgan fingerprint density at radius 3 is 2.96 bits per heavy atom. The monoisotopic (exact) mass is 345 g/mol. The highest BCUT2D eigenvalue weighted by Crippen LogP contribution is 2.26. The standard InChI is InChI=1S/C18H23N3O2S/c1-12-3-5-15(6-4-12)24-11-13(2)20-18(22)16-9-19-21-17(16)14-7-8-23-10-14/h3-6,9,13-14H,7-8,10-11H2,1-2H3,(H,19,21)(H,20,22). The Labute approximate surface area is 146 Å². The fourth-order valence-electron chi connectivity index (χ4n) is 2.75. The quantitative estimate of drug-likeness (QED) is 0.790. The molecule has 2 aromatic rings. The highest BCUT2D eigenvalue weighted by molar-refractivity contribution is 7.99. The number of amides is 1. The average Bonchev–Trinajstić information content (AvgIpc) is 3.25. The maximum absolute atomic E-state index is 12.5. The number of aromatic nitrogens is 2. The zero-order chi connectivity index (χ0) is 16.9. The fourth-order valence-corrected chi connectivity index (χ4v) is 3.60. The third kappa shape index (κ3) is 4.19. The van der Waals surface area contributed by atoms with E-state index in [1.54, 1.807) is 18.0 Å². The van der Waals surface area contributed by atoms with E-state index < -0.39 is 0 Å². The number of carbonyl (C=O) groups is 1. The van der Waals surface area contributed by atoms with Gasteiger partial charge in [-0.25, -0.2) is 0 Å². The molecular weight excluding hydrogens is 322 g/mol. The maximum Gasteiger partial charge on any atom is 0.254 e. The first kappa shape index (κ1) is 17.0. The molecule has 1 aromatic heterocycles. The normalized spacial score (nSPS) is 18.5. The first-order valence-corrected chi connectivity index (χ1v) is 9.23. The summed E-state index contributed by atoms with van der Waals surface area (Å²) in [5, 5.41) is 10.1. The summed E-state index contributed by atoms with van der Waals surface area (Å²) in [6.07, 6.45) is 2.55. The Kier molecular flexibility index (Phi) is 5.58. The van der Waals surface area contributed by atoms with E-state index >= 15 is 0 Å². The largest absolute Gasteiger partial charge is 0.381 e. The molecule has 3 rings (SSSR count). The van der Waals surface area contributed by atoms with Crippen molar-refractivity contribution in [2.24, 2.45) is 0 Å². The summed E-state index contributed by atoms with van der Waals surface area (Å²) >= 11 is 1.75. The van der Waals surface area contributed by atoms with E-state index in [0.717, 1.165) is 24.5 Å². The highest BCUT2D eigenvalue weighted by atomic mass is 32.2. The van der Waals surface area contributed by atoms with Gasteiger partial charge in [-0.3, -0.25) is 9.89 Å². The van der Waals surface area contributed by atoms with Crippen molar-refractivity contribution >= 4 is 17.7 Å². The second kappa shape index (κ2) is 7.85. The van der Waals surface area contributed by atoms with Gasteiger partial charge in [0.25, 0.3) is 5.91 Å². The van der Waals surface area contributed by atoms with Crippen LogP contribution in [-0.4, -0.2) is 41.1 Å². The average molecular weight is 345 g/mol. The predicted molar refractivity (Wildman–Crippen MR) is 95.6 cm³/mol. The lowest BCUT2D eigenvalue weighted by Crippen LogP contribution is -2.34. The van der Waals surface area contributed by atoms with Crippen molar-refractivity contribution in [2.75, 3.05) is 19.0 Å². The summed E-state index contributed by atoms with van der Waals surface area (Å²) in [5.41, 5.74) is 2.78. The minimum absolute atomic E-state index is 0.0670. The molecule has 0 saturated carbocycles. The number of H-pyrrole nitrogens is 1. The first-order chi connectivity index (χ1) is 11.6. The van der Waals surface area contributed by atoms with Crippen molar-refractivity contribution in [3.8, 4) is 0 Å². The Balaban J connectivity index is 1.54. The van der Waals surface area contributed by atoms with E-state index in [1.165, 1.54) is 10.5 Å². The number of hydrogen-bond donors (Lipinski definition) is 2. The summed E-state index contributed by atoms with van der Waals surface area (Å²) in [4.78, 5) is 13.7. The zero-order valence-corrected chi connectivity index (χ0v) is 14.9. The molecule has 2 unspecified atom stereocenters. The Hall–Kier alpha value is -1.79. The maximum atomic E-state index is 12.5. The number of aryl methyl sites for hydroxylation is 1. The van der Waals surface area contributed by atoms with Crippen molar-refractivity contribution < 1.29 is 9.53 Å². The predicted octanol–water partition coefficient (Wildman–Crippen LogP) is 3.13. The van der Waals surface area contributed by atoms with Crippen LogP contribution in [0.2, 0.25) is 0 Å². The topological polar surface area (TPSA) is 67.0 Å². The van der Waals surface area contributed by atoms with Crippen LogP contribution in [0.4, 0.5) is 0 Å². The number of rotatable bonds is 6. The molecule has 1 amide bonds. The van der Waals surface area contributed by atoms with Gasteiger partial charge in [-0.2, -0.15) is 5.10 Å². The molecule has 0 spiro atoms. The van der Waals surface area contributed by atoms with E-state index in [1.807, 2.05) is 6.92 Å². The van der Waals surface area contributed by atoms with Crippen molar-refractivity contribution in [3.63, 3.8) is 0 Å². The molecule has 6 heteroatoms. The van der Waals surface area contributed by atoms with E-state index in [0.29, 0.717) is 12.2 Å². The number of ether oxygens (including phenoxy) is 1. The minimum Gasteiger partial charge on any atom is -0.381 e. The van der Waals surface area contributed by atoms with Gasteiger partial charge in [0.1, 0.15) is 0 Å². The molecule has 1 fully saturated rings. The lowest BCUT2D eigenvalue weighted by molar-refractivity contribution is 0.0942. The Morgan fingerprint density at radius 2 is 2.25 bits per heavy atom. The summed E-state index contributed by atoms with van der Waals surface area (Å²) < 4.78 is 5.41. The SMILES string of the molecule is Cc1ccc(SCC(C)NC(=O)c2cn[nH]c2C2CCOC2)cc1. The van der Waals surface area contributed by atoms with Crippen LogP contribution in [0.15, 0.2) is 35.4 Å². The lowest BCUT2D eigenvalue weighted by atomic mass is 10.0. The molecule has 1 aliphatic heterocycles. The number of nitrogens with one attached hydrogen (secondary N) is 2. The smallest absolute Gasteiger partial charge is 0.254 e. The molecule has 2 atom stereocenters. The lowest BCUT2D eigenvalue weighted by Gasteiger charge is -2.14. The van der Waals surface area contributed by atoms with E-state index in [4.69, 9.17) is 4.74 Å². The van der Waals surface area contributed by atoms with Crippen LogP contribution < -0.4 is 5.32 Å². The van der Waals surface area contributed by atoms with Crippen LogP contribution in [0.3, 0.4) is 0 Å². The number of aromatic amines is 1. The first-order valence-electron chi connectivity index (χ1n) is 8.25. The number of hydrogen-bond acceptors (Lipinski definition) is 4. The Morgan fingerprint density at radius 1 is 1.46 bits per heavy atom. The van der Waals surface area contributed by atoms with Gasteiger partial charge in [0.15, 0.2) is 0 Å². The number of thioether (sulfide) groups is 1. The summed E-state index contributed by atoms with van der Waals surface area (Å²) in [5.74, 6) is 1.00. The molecule has 5 nitrogen and oxygen atoms in total. The van der Waals surface area contributed by atoms with Gasteiger partial charge < -0.3 is 10.1 Å². The van der Waals surface area contributed by atoms with E-state index in [9.17, 15) is 4.79 Å². The molecule has 2 heterocycles. The minimum atomic E-state index is -0.0670. The summed E-state index contributed by atoms with van der Waals surface area (Å²) in [7, 11) is 0. The van der Waals surface area contributed by atoms with Gasteiger partial charge in [-0.15, -0.1) is 11.8 Å². The van der Waals surface area contributed by atoms with Crippen LogP contribution in [0.5, 0.6) is 0 Å². The molecule has 24 heavy (non-hydrogen) atoms. The molecular formula is C18H23N3O2S. The van der Waals surface area contributed by atoms with Crippen LogP contribution in [0.1, 0.15) is 40.9 Å². The van der Waals surface area contributed by atoms with E-state index in [-0.39, 0.29) is 17.9 Å². The second-order valence-corrected chi connectivity index (χ2v) is 7.35. The molecule has 128 valence electrons. The molecule has 0 bridgehead atoms. The highest BCUT2D eigenvalue weighted by Gasteiger charge is 2.25. The van der Waals surface area contributed by atoms with Gasteiger partial charge >= 0.3 is 0 Å². The van der Waals surface area contributed by atoms with Crippen LogP contribution >= 0.6 is 11.8 Å². The second-order valence-electron chi connectivity index (χ2n) is 6.26. The molecule has 1 aliphatic rings.